The summed E-state index contributed by atoms with van der Waals surface area (Å²) in [5.41, 5.74) is 4.95. The van der Waals surface area contributed by atoms with E-state index in [4.69, 9.17) is 5.73 Å². The van der Waals surface area contributed by atoms with Crippen LogP contribution in [0.5, 0.6) is 0 Å². The predicted octanol–water partition coefficient (Wildman–Crippen LogP) is 0.866. The summed E-state index contributed by atoms with van der Waals surface area (Å²) in [6, 6.07) is 0. The lowest BCUT2D eigenvalue weighted by molar-refractivity contribution is -0.116. The Morgan fingerprint density at radius 2 is 2.12 bits per heavy atom. The van der Waals surface area contributed by atoms with Crippen molar-refractivity contribution in [2.45, 2.75) is 26.7 Å². The lowest BCUT2D eigenvalue weighted by atomic mass is 10.1. The highest BCUT2D eigenvalue weighted by Gasteiger charge is 2.05. The van der Waals surface area contributed by atoms with E-state index in [1.165, 1.54) is 0 Å². The average molecular weight is 114 g/mol. The Labute approximate surface area is 50.1 Å². The first-order valence-corrected chi connectivity index (χ1v) is 2.80. The molecule has 0 saturated heterocycles. The van der Waals surface area contributed by atoms with Gasteiger partial charge in [-0.25, -0.2) is 0 Å². The second-order valence-electron chi connectivity index (χ2n) is 1.89. The Morgan fingerprint density at radius 3 is 2.25 bits per heavy atom. The van der Waals surface area contributed by atoms with E-state index in [0.29, 0.717) is 0 Å². The molecule has 2 heteroatoms. The summed E-state index contributed by atoms with van der Waals surface area (Å²) >= 11 is 0. The Hall–Kier alpha value is -0.530. The van der Waals surface area contributed by atoms with Gasteiger partial charge in [0, 0.05) is 0 Å². The Bertz CT molecular complexity index is 80.6. The van der Waals surface area contributed by atoms with Crippen molar-refractivity contribution in [3.8, 4) is 0 Å². The fourth-order valence-electron chi connectivity index (χ4n) is 0.498. The van der Waals surface area contributed by atoms with Gasteiger partial charge in [0.05, 0.1) is 5.92 Å². The maximum atomic E-state index is 10.3. The molecular weight excluding hydrogens is 102 g/mol. The molecule has 2 nitrogen and oxygen atoms in total. The number of rotatable bonds is 3. The van der Waals surface area contributed by atoms with Crippen LogP contribution >= 0.6 is 0 Å². The number of carbonyl (C=O) groups is 1. The van der Waals surface area contributed by atoms with Crippen molar-refractivity contribution >= 4 is 5.91 Å². The lowest BCUT2D eigenvalue weighted by Gasteiger charge is -2.00. The zero-order valence-electron chi connectivity index (χ0n) is 5.40. The molecule has 0 aromatic heterocycles. The van der Waals surface area contributed by atoms with E-state index >= 15 is 0 Å². The molecule has 2 N–H and O–H groups in total. The molecule has 47 valence electrons. The molecule has 0 unspecified atom stereocenters. The Morgan fingerprint density at radius 1 is 1.62 bits per heavy atom. The van der Waals surface area contributed by atoms with E-state index in [-0.39, 0.29) is 5.91 Å². The topological polar surface area (TPSA) is 43.1 Å². The van der Waals surface area contributed by atoms with Crippen molar-refractivity contribution in [2.75, 3.05) is 0 Å². The average Bonchev–Trinajstić information content (AvgIpc) is 1.67. The van der Waals surface area contributed by atoms with Gasteiger partial charge in [-0.1, -0.05) is 13.3 Å². The maximum Gasteiger partial charge on any atom is 0.224 e. The Balaban J connectivity index is 3.32. The van der Waals surface area contributed by atoms with Crippen LogP contribution in [0.25, 0.3) is 0 Å². The molecule has 0 aliphatic carbocycles. The van der Waals surface area contributed by atoms with Gasteiger partial charge in [-0.05, 0) is 13.3 Å². The summed E-state index contributed by atoms with van der Waals surface area (Å²) in [6.45, 7) is 3.79. The normalized spacial score (nSPS) is 9.88. The van der Waals surface area contributed by atoms with E-state index in [1.54, 1.807) is 6.92 Å². The maximum absolute atomic E-state index is 10.3. The molecule has 0 spiro atoms. The molecule has 0 bridgehead atoms. The summed E-state index contributed by atoms with van der Waals surface area (Å²) in [5, 5.41) is 0. The zero-order chi connectivity index (χ0) is 6.57. The molecular formula is C6H12NO. The molecule has 0 aliphatic rings. The summed E-state index contributed by atoms with van der Waals surface area (Å²) in [4.78, 5) is 10.3. The summed E-state index contributed by atoms with van der Waals surface area (Å²) < 4.78 is 0. The molecule has 0 heterocycles. The van der Waals surface area contributed by atoms with Crippen LogP contribution in [0.15, 0.2) is 0 Å². The minimum absolute atomic E-state index is 0.271. The smallest absolute Gasteiger partial charge is 0.224 e. The molecule has 0 fully saturated rings. The highest BCUT2D eigenvalue weighted by Crippen LogP contribution is 2.04. The van der Waals surface area contributed by atoms with Gasteiger partial charge in [0.25, 0.3) is 0 Å². The monoisotopic (exact) mass is 114 g/mol. The first kappa shape index (κ1) is 7.47. The van der Waals surface area contributed by atoms with Crippen LogP contribution in [0.4, 0.5) is 0 Å². The molecule has 0 aromatic carbocycles. The van der Waals surface area contributed by atoms with Crippen LogP contribution in [0.1, 0.15) is 26.7 Å². The van der Waals surface area contributed by atoms with Crippen molar-refractivity contribution in [3.63, 3.8) is 0 Å². The molecule has 8 heavy (non-hydrogen) atoms. The lowest BCUT2D eigenvalue weighted by Crippen LogP contribution is -2.18. The first-order chi connectivity index (χ1) is 3.68. The molecule has 0 atom stereocenters. The molecule has 0 rings (SSSR count). The van der Waals surface area contributed by atoms with Crippen LogP contribution in [0.2, 0.25) is 0 Å². The van der Waals surface area contributed by atoms with Crippen molar-refractivity contribution in [2.24, 2.45) is 5.73 Å². The number of hydrogen-bond acceptors (Lipinski definition) is 1. The largest absolute Gasteiger partial charge is 0.369 e. The van der Waals surface area contributed by atoms with Gasteiger partial charge in [0.2, 0.25) is 5.91 Å². The molecule has 0 aliphatic heterocycles. The predicted molar refractivity (Wildman–Crippen MR) is 33.0 cm³/mol. The Kier molecular flexibility index (Phi) is 3.24. The number of carbonyl (C=O) groups excluding carboxylic acids is 1. The van der Waals surface area contributed by atoms with Crippen LogP contribution in [0, 0.1) is 5.92 Å². The van der Waals surface area contributed by atoms with Gasteiger partial charge in [0.1, 0.15) is 0 Å². The van der Waals surface area contributed by atoms with Crippen LogP contribution < -0.4 is 5.73 Å². The number of primary amides is 1. The first-order valence-electron chi connectivity index (χ1n) is 2.80. The SMILES string of the molecule is CCC[C](C)C(N)=O. The number of nitrogens with two attached hydrogens (primary N) is 1. The van der Waals surface area contributed by atoms with Gasteiger partial charge in [-0.3, -0.25) is 4.79 Å². The van der Waals surface area contributed by atoms with Gasteiger partial charge < -0.3 is 5.73 Å². The van der Waals surface area contributed by atoms with Crippen molar-refractivity contribution in [1.82, 2.24) is 0 Å². The molecule has 1 amide bonds. The standard InChI is InChI=1S/C6H12NO/c1-3-4-5(2)6(7)8/h3-4H2,1-2H3,(H2,7,8). The van der Waals surface area contributed by atoms with Crippen LogP contribution in [-0.2, 0) is 4.79 Å². The minimum Gasteiger partial charge on any atom is -0.369 e. The van der Waals surface area contributed by atoms with Crippen LogP contribution in [-0.4, -0.2) is 5.91 Å². The van der Waals surface area contributed by atoms with Gasteiger partial charge >= 0.3 is 0 Å². The van der Waals surface area contributed by atoms with Gasteiger partial charge in [0.15, 0.2) is 0 Å². The summed E-state index contributed by atoms with van der Waals surface area (Å²) in [7, 11) is 0. The second-order valence-corrected chi connectivity index (χ2v) is 1.89. The van der Waals surface area contributed by atoms with Crippen LogP contribution in [0.3, 0.4) is 0 Å². The third kappa shape index (κ3) is 2.61. The second kappa shape index (κ2) is 3.47. The highest BCUT2D eigenvalue weighted by molar-refractivity contribution is 5.87. The third-order valence-corrected chi connectivity index (χ3v) is 1.05. The van der Waals surface area contributed by atoms with Gasteiger partial charge in [-0.2, -0.15) is 0 Å². The van der Waals surface area contributed by atoms with E-state index < -0.39 is 0 Å². The van der Waals surface area contributed by atoms with E-state index in [2.05, 4.69) is 0 Å². The molecule has 0 aromatic rings. The minimum atomic E-state index is -0.271. The molecule has 0 saturated carbocycles. The third-order valence-electron chi connectivity index (χ3n) is 1.05. The van der Waals surface area contributed by atoms with Crippen molar-refractivity contribution in [1.29, 1.82) is 0 Å². The summed E-state index contributed by atoms with van der Waals surface area (Å²) in [5.74, 6) is 0.499. The fourth-order valence-corrected chi connectivity index (χ4v) is 0.498. The summed E-state index contributed by atoms with van der Waals surface area (Å²) in [6.07, 6.45) is 1.82. The quantitative estimate of drug-likeness (QED) is 0.581. The zero-order valence-corrected chi connectivity index (χ0v) is 5.40. The fraction of sp³-hybridized carbons (Fsp3) is 0.667. The number of hydrogen-bond donors (Lipinski definition) is 1. The van der Waals surface area contributed by atoms with E-state index in [0.717, 1.165) is 18.8 Å². The van der Waals surface area contributed by atoms with Gasteiger partial charge in [-0.15, -0.1) is 0 Å². The van der Waals surface area contributed by atoms with Crippen molar-refractivity contribution < 1.29 is 4.79 Å². The van der Waals surface area contributed by atoms with E-state index in [9.17, 15) is 4.79 Å². The molecule has 1 radical (unpaired) electrons. The van der Waals surface area contributed by atoms with Crippen molar-refractivity contribution in [3.05, 3.63) is 5.92 Å². The highest BCUT2D eigenvalue weighted by atomic mass is 16.1. The number of amides is 1. The van der Waals surface area contributed by atoms with E-state index in [1.807, 2.05) is 6.92 Å².